The van der Waals surface area contributed by atoms with Crippen LogP contribution in [0.15, 0.2) is 59.5 Å². The van der Waals surface area contributed by atoms with Crippen molar-refractivity contribution >= 4 is 21.6 Å². The van der Waals surface area contributed by atoms with Crippen LogP contribution in [0.2, 0.25) is 0 Å². The van der Waals surface area contributed by atoms with Crippen LogP contribution in [0, 0.1) is 0 Å². The van der Waals surface area contributed by atoms with Crippen molar-refractivity contribution in [3.05, 3.63) is 60.2 Å². The van der Waals surface area contributed by atoms with Crippen LogP contribution in [-0.2, 0) is 10.0 Å². The monoisotopic (exact) mass is 330 g/mol. The quantitative estimate of drug-likeness (QED) is 0.915. The minimum Gasteiger partial charge on any atom is -0.349 e. The van der Waals surface area contributed by atoms with Gasteiger partial charge >= 0.3 is 0 Å². The highest BCUT2D eigenvalue weighted by Crippen LogP contribution is 2.23. The summed E-state index contributed by atoms with van der Waals surface area (Å²) >= 11 is 0. The number of rotatable bonds is 5. The van der Waals surface area contributed by atoms with E-state index in [1.165, 1.54) is 23.5 Å². The third-order valence-corrected chi connectivity index (χ3v) is 5.57. The van der Waals surface area contributed by atoms with Crippen molar-refractivity contribution in [3.8, 4) is 0 Å². The van der Waals surface area contributed by atoms with Crippen molar-refractivity contribution in [1.82, 2.24) is 5.32 Å². The number of benzene rings is 2. The van der Waals surface area contributed by atoms with Gasteiger partial charge in [0, 0.05) is 18.7 Å². The van der Waals surface area contributed by atoms with Gasteiger partial charge in [-0.15, -0.1) is 0 Å². The van der Waals surface area contributed by atoms with Gasteiger partial charge in [-0.3, -0.25) is 9.10 Å². The van der Waals surface area contributed by atoms with Crippen LogP contribution in [0.3, 0.4) is 0 Å². The molecule has 0 radical (unpaired) electrons. The topological polar surface area (TPSA) is 66.5 Å². The molecule has 0 aliphatic heterocycles. The molecular weight excluding hydrogens is 312 g/mol. The first kappa shape index (κ1) is 15.6. The summed E-state index contributed by atoms with van der Waals surface area (Å²) in [6.07, 6.45) is 1.97. The molecule has 3 rings (SSSR count). The SMILES string of the molecule is CN(c1ccccc1)S(=O)(=O)c1cccc(C(=O)NC2CC2)c1. The molecule has 0 saturated heterocycles. The van der Waals surface area contributed by atoms with Gasteiger partial charge in [-0.1, -0.05) is 24.3 Å². The minimum atomic E-state index is -3.71. The molecule has 1 fully saturated rings. The molecule has 1 N–H and O–H groups in total. The van der Waals surface area contributed by atoms with Crippen LogP contribution in [0.1, 0.15) is 23.2 Å². The first-order valence-electron chi connectivity index (χ1n) is 7.43. The predicted molar refractivity (Wildman–Crippen MR) is 89.0 cm³/mol. The van der Waals surface area contributed by atoms with E-state index in [9.17, 15) is 13.2 Å². The molecule has 23 heavy (non-hydrogen) atoms. The zero-order valence-corrected chi connectivity index (χ0v) is 13.6. The number of sulfonamides is 1. The van der Waals surface area contributed by atoms with Gasteiger partial charge in [-0.2, -0.15) is 0 Å². The second kappa shape index (κ2) is 6.04. The Kier molecular flexibility index (Phi) is 4.09. The molecule has 120 valence electrons. The molecule has 1 amide bonds. The average Bonchev–Trinajstić information content (AvgIpc) is 3.39. The van der Waals surface area contributed by atoms with E-state index in [1.54, 1.807) is 36.4 Å². The van der Waals surface area contributed by atoms with Crippen LogP contribution < -0.4 is 9.62 Å². The van der Waals surface area contributed by atoms with Crippen molar-refractivity contribution in [2.24, 2.45) is 0 Å². The minimum absolute atomic E-state index is 0.104. The third-order valence-electron chi connectivity index (χ3n) is 3.79. The Labute approximate surface area is 136 Å². The van der Waals surface area contributed by atoms with Crippen LogP contribution in [0.5, 0.6) is 0 Å². The molecule has 2 aromatic rings. The summed E-state index contributed by atoms with van der Waals surface area (Å²) < 4.78 is 26.7. The largest absolute Gasteiger partial charge is 0.349 e. The van der Waals surface area contributed by atoms with Crippen LogP contribution in [-0.4, -0.2) is 27.4 Å². The van der Waals surface area contributed by atoms with Gasteiger partial charge in [0.15, 0.2) is 0 Å². The highest BCUT2D eigenvalue weighted by Gasteiger charge is 2.25. The molecule has 0 bridgehead atoms. The number of nitrogens with one attached hydrogen (secondary N) is 1. The van der Waals surface area contributed by atoms with E-state index in [1.807, 2.05) is 6.07 Å². The lowest BCUT2D eigenvalue weighted by Gasteiger charge is -2.19. The van der Waals surface area contributed by atoms with Crippen molar-refractivity contribution in [2.75, 3.05) is 11.4 Å². The zero-order chi connectivity index (χ0) is 16.4. The van der Waals surface area contributed by atoms with E-state index in [4.69, 9.17) is 0 Å². The van der Waals surface area contributed by atoms with Crippen LogP contribution in [0.4, 0.5) is 5.69 Å². The summed E-state index contributed by atoms with van der Waals surface area (Å²) in [7, 11) is -2.21. The number of anilines is 1. The molecule has 0 spiro atoms. The van der Waals surface area contributed by atoms with Gasteiger partial charge in [0.2, 0.25) is 0 Å². The first-order chi connectivity index (χ1) is 11.0. The molecule has 1 aliphatic carbocycles. The second-order valence-corrected chi connectivity index (χ2v) is 7.55. The van der Waals surface area contributed by atoms with Gasteiger partial charge < -0.3 is 5.32 Å². The van der Waals surface area contributed by atoms with Gasteiger partial charge in [0.05, 0.1) is 10.6 Å². The Balaban J connectivity index is 1.89. The highest BCUT2D eigenvalue weighted by molar-refractivity contribution is 7.92. The highest BCUT2D eigenvalue weighted by atomic mass is 32.2. The van der Waals surface area contributed by atoms with E-state index in [0.29, 0.717) is 11.3 Å². The van der Waals surface area contributed by atoms with Crippen molar-refractivity contribution in [2.45, 2.75) is 23.8 Å². The van der Waals surface area contributed by atoms with E-state index in [0.717, 1.165) is 12.8 Å². The molecule has 6 heteroatoms. The van der Waals surface area contributed by atoms with E-state index in [2.05, 4.69) is 5.32 Å². The molecule has 1 saturated carbocycles. The number of hydrogen-bond donors (Lipinski definition) is 1. The summed E-state index contributed by atoms with van der Waals surface area (Å²) in [5.74, 6) is -0.230. The number of carbonyl (C=O) groups excluding carboxylic acids is 1. The maximum Gasteiger partial charge on any atom is 0.264 e. The lowest BCUT2D eigenvalue weighted by Crippen LogP contribution is -2.28. The molecule has 0 atom stereocenters. The number of nitrogens with zero attached hydrogens (tertiary/aromatic N) is 1. The molecule has 2 aromatic carbocycles. The Morgan fingerprint density at radius 3 is 2.43 bits per heavy atom. The third kappa shape index (κ3) is 3.37. The number of para-hydroxylation sites is 1. The predicted octanol–water partition coefficient (Wildman–Crippen LogP) is 2.40. The molecule has 0 unspecified atom stereocenters. The zero-order valence-electron chi connectivity index (χ0n) is 12.8. The Morgan fingerprint density at radius 1 is 1.09 bits per heavy atom. The number of carbonyl (C=O) groups is 1. The number of hydrogen-bond acceptors (Lipinski definition) is 3. The van der Waals surface area contributed by atoms with Crippen molar-refractivity contribution in [3.63, 3.8) is 0 Å². The molecule has 5 nitrogen and oxygen atoms in total. The van der Waals surface area contributed by atoms with Crippen LogP contribution in [0.25, 0.3) is 0 Å². The Bertz CT molecular complexity index is 815. The lowest BCUT2D eigenvalue weighted by atomic mass is 10.2. The summed E-state index contributed by atoms with van der Waals surface area (Å²) in [5.41, 5.74) is 0.930. The van der Waals surface area contributed by atoms with E-state index in [-0.39, 0.29) is 16.8 Å². The number of amides is 1. The van der Waals surface area contributed by atoms with Gasteiger partial charge in [0.25, 0.3) is 15.9 Å². The molecular formula is C17H18N2O3S. The fourth-order valence-electron chi connectivity index (χ4n) is 2.23. The van der Waals surface area contributed by atoms with E-state index < -0.39 is 10.0 Å². The summed E-state index contributed by atoms with van der Waals surface area (Å²) in [6.45, 7) is 0. The van der Waals surface area contributed by atoms with E-state index >= 15 is 0 Å². The summed E-state index contributed by atoms with van der Waals surface area (Å²) in [6, 6.07) is 15.2. The van der Waals surface area contributed by atoms with Gasteiger partial charge in [-0.25, -0.2) is 8.42 Å². The van der Waals surface area contributed by atoms with Crippen LogP contribution >= 0.6 is 0 Å². The van der Waals surface area contributed by atoms with Crippen molar-refractivity contribution in [1.29, 1.82) is 0 Å². The fourth-order valence-corrected chi connectivity index (χ4v) is 3.47. The smallest absolute Gasteiger partial charge is 0.264 e. The lowest BCUT2D eigenvalue weighted by molar-refractivity contribution is 0.0951. The normalized spacial score (nSPS) is 14.3. The van der Waals surface area contributed by atoms with Gasteiger partial charge in [-0.05, 0) is 43.2 Å². The molecule has 0 heterocycles. The second-order valence-electron chi connectivity index (χ2n) is 5.58. The van der Waals surface area contributed by atoms with Crippen molar-refractivity contribution < 1.29 is 13.2 Å². The maximum absolute atomic E-state index is 12.7. The fraction of sp³-hybridized carbons (Fsp3) is 0.235. The average molecular weight is 330 g/mol. The first-order valence-corrected chi connectivity index (χ1v) is 8.87. The van der Waals surface area contributed by atoms with Gasteiger partial charge in [0.1, 0.15) is 0 Å². The maximum atomic E-state index is 12.7. The molecule has 1 aliphatic rings. The molecule has 0 aromatic heterocycles. The Hall–Kier alpha value is -2.34. The Morgan fingerprint density at radius 2 is 1.78 bits per heavy atom. The summed E-state index contributed by atoms with van der Waals surface area (Å²) in [5, 5.41) is 2.86. The summed E-state index contributed by atoms with van der Waals surface area (Å²) in [4.78, 5) is 12.2. The standard InChI is InChI=1S/C17H18N2O3S/c1-19(15-7-3-2-4-8-15)23(21,22)16-9-5-6-13(12-16)17(20)18-14-10-11-14/h2-9,12,14H,10-11H2,1H3,(H,18,20).